The average molecular weight is 390 g/mol. The number of urea groups is 1. The Morgan fingerprint density at radius 2 is 2.07 bits per heavy atom. The molecular weight excluding hydrogens is 368 g/mol. The maximum absolute atomic E-state index is 12.7. The molecule has 1 saturated carbocycles. The van der Waals surface area contributed by atoms with Crippen molar-refractivity contribution >= 4 is 23.5 Å². The summed E-state index contributed by atoms with van der Waals surface area (Å²) in [5.74, 6) is -0.836. The molecule has 1 aromatic rings. The number of nitrogens with one attached hydrogen (secondary N) is 2. The van der Waals surface area contributed by atoms with Crippen molar-refractivity contribution in [2.24, 2.45) is 5.92 Å². The Labute approximate surface area is 161 Å². The number of nitrogens with zero attached hydrogens (tertiary/aromatic N) is 2. The summed E-state index contributed by atoms with van der Waals surface area (Å²) >= 11 is 0. The number of ether oxygens (including phenoxy) is 1. The largest absolute Gasteiger partial charge is 0.477 e. The Hall–Kier alpha value is -3.17. The molecule has 1 aliphatic carbocycles. The van der Waals surface area contributed by atoms with Crippen molar-refractivity contribution < 1.29 is 24.0 Å². The summed E-state index contributed by atoms with van der Waals surface area (Å²) in [6.45, 7) is 3.21. The molecule has 10 heteroatoms. The van der Waals surface area contributed by atoms with Gasteiger partial charge in [0.15, 0.2) is 12.4 Å². The van der Waals surface area contributed by atoms with Gasteiger partial charge < -0.3 is 10.1 Å². The van der Waals surface area contributed by atoms with E-state index in [9.17, 15) is 24.5 Å². The standard InChI is InChI=1S/C18H22N4O6/c1-11-5-7-18(8-6-11)16(24)21(17(25)19-18)20-15(23)10-28-14-4-3-12(2)9-13(14)22(26)27/h3-4,9,11H,5-8,10H2,1-2H3,(H,19,25)(H,20,23). The fourth-order valence-corrected chi connectivity index (χ4v) is 3.51. The molecule has 2 aliphatic rings. The summed E-state index contributed by atoms with van der Waals surface area (Å²) in [7, 11) is 0. The van der Waals surface area contributed by atoms with E-state index in [2.05, 4.69) is 17.7 Å². The highest BCUT2D eigenvalue weighted by Gasteiger charge is 2.52. The fourth-order valence-electron chi connectivity index (χ4n) is 3.51. The van der Waals surface area contributed by atoms with Gasteiger partial charge in [0.05, 0.1) is 4.92 Å². The third-order valence-electron chi connectivity index (χ3n) is 5.20. The van der Waals surface area contributed by atoms with E-state index in [0.29, 0.717) is 29.3 Å². The lowest BCUT2D eigenvalue weighted by Crippen LogP contribution is -2.52. The van der Waals surface area contributed by atoms with Crippen molar-refractivity contribution in [3.8, 4) is 5.75 Å². The SMILES string of the molecule is Cc1ccc(OCC(=O)NN2C(=O)NC3(CCC(C)CC3)C2=O)c([N+](=O)[O-])c1. The summed E-state index contributed by atoms with van der Waals surface area (Å²) in [5.41, 5.74) is 1.67. The number of carbonyl (C=O) groups excluding carboxylic acids is 3. The van der Waals surface area contributed by atoms with Crippen molar-refractivity contribution in [3.05, 3.63) is 33.9 Å². The van der Waals surface area contributed by atoms with Crippen LogP contribution in [0.4, 0.5) is 10.5 Å². The second-order valence-electron chi connectivity index (χ2n) is 7.39. The Balaban J connectivity index is 1.62. The lowest BCUT2D eigenvalue weighted by Gasteiger charge is -2.33. The molecule has 1 saturated heterocycles. The van der Waals surface area contributed by atoms with Crippen LogP contribution >= 0.6 is 0 Å². The van der Waals surface area contributed by atoms with Gasteiger partial charge in [0.1, 0.15) is 5.54 Å². The molecule has 2 N–H and O–H groups in total. The molecule has 0 unspecified atom stereocenters. The van der Waals surface area contributed by atoms with Crippen LogP contribution < -0.4 is 15.5 Å². The van der Waals surface area contributed by atoms with E-state index in [0.717, 1.165) is 12.8 Å². The minimum atomic E-state index is -0.965. The Morgan fingerprint density at radius 3 is 2.71 bits per heavy atom. The monoisotopic (exact) mass is 390 g/mol. The van der Waals surface area contributed by atoms with Gasteiger partial charge in [-0.25, -0.2) is 4.79 Å². The average Bonchev–Trinajstić information content (AvgIpc) is 2.87. The number of aryl methyl sites for hydroxylation is 1. The number of amides is 4. The number of hydrogen-bond acceptors (Lipinski definition) is 6. The molecule has 1 spiro atoms. The van der Waals surface area contributed by atoms with Gasteiger partial charge in [-0.15, -0.1) is 0 Å². The van der Waals surface area contributed by atoms with Crippen molar-refractivity contribution in [3.63, 3.8) is 0 Å². The van der Waals surface area contributed by atoms with Crippen molar-refractivity contribution in [1.82, 2.24) is 15.8 Å². The number of rotatable bonds is 5. The van der Waals surface area contributed by atoms with Gasteiger partial charge in [0, 0.05) is 6.07 Å². The van der Waals surface area contributed by atoms with Crippen LogP contribution in [0.25, 0.3) is 0 Å². The zero-order valence-electron chi connectivity index (χ0n) is 15.7. The number of nitro benzene ring substituents is 1. The normalized spacial score (nSPS) is 24.2. The summed E-state index contributed by atoms with van der Waals surface area (Å²) in [6, 6.07) is 3.66. The van der Waals surface area contributed by atoms with Crippen molar-refractivity contribution in [2.75, 3.05) is 6.61 Å². The van der Waals surface area contributed by atoms with Gasteiger partial charge >= 0.3 is 11.7 Å². The van der Waals surface area contributed by atoms with Gasteiger partial charge in [0.2, 0.25) is 0 Å². The molecule has 3 rings (SSSR count). The zero-order chi connectivity index (χ0) is 20.5. The minimum absolute atomic E-state index is 0.0688. The van der Waals surface area contributed by atoms with E-state index in [1.807, 2.05) is 0 Å². The van der Waals surface area contributed by atoms with Crippen molar-refractivity contribution in [1.29, 1.82) is 0 Å². The van der Waals surface area contributed by atoms with Gasteiger partial charge in [-0.3, -0.25) is 25.1 Å². The molecular formula is C18H22N4O6. The maximum atomic E-state index is 12.7. The molecule has 0 atom stereocenters. The van der Waals surface area contributed by atoms with Crippen LogP contribution in [0, 0.1) is 23.0 Å². The first-order chi connectivity index (χ1) is 13.2. The number of hydrogen-bond donors (Lipinski definition) is 2. The van der Waals surface area contributed by atoms with Gasteiger partial charge in [-0.1, -0.05) is 13.0 Å². The fraction of sp³-hybridized carbons (Fsp3) is 0.500. The van der Waals surface area contributed by atoms with E-state index in [4.69, 9.17) is 4.74 Å². The van der Waals surface area contributed by atoms with Crippen molar-refractivity contribution in [2.45, 2.75) is 45.1 Å². The zero-order valence-corrected chi connectivity index (χ0v) is 15.7. The molecule has 0 radical (unpaired) electrons. The highest BCUT2D eigenvalue weighted by atomic mass is 16.6. The van der Waals surface area contributed by atoms with Gasteiger partial charge in [0.25, 0.3) is 11.8 Å². The van der Waals surface area contributed by atoms with E-state index in [1.165, 1.54) is 12.1 Å². The first-order valence-electron chi connectivity index (χ1n) is 9.06. The molecule has 150 valence electrons. The third-order valence-corrected chi connectivity index (χ3v) is 5.20. The predicted molar refractivity (Wildman–Crippen MR) is 97.2 cm³/mol. The predicted octanol–water partition coefficient (Wildman–Crippen LogP) is 1.81. The second-order valence-corrected chi connectivity index (χ2v) is 7.39. The quantitative estimate of drug-likeness (QED) is 0.448. The maximum Gasteiger partial charge on any atom is 0.344 e. The second kappa shape index (κ2) is 7.45. The number of imide groups is 1. The molecule has 28 heavy (non-hydrogen) atoms. The first-order valence-corrected chi connectivity index (χ1v) is 9.06. The number of nitro groups is 1. The Bertz CT molecular complexity index is 831. The molecule has 0 aromatic heterocycles. The summed E-state index contributed by atoms with van der Waals surface area (Å²) < 4.78 is 5.22. The Morgan fingerprint density at radius 1 is 1.39 bits per heavy atom. The molecule has 1 aliphatic heterocycles. The van der Waals surface area contributed by atoms with E-state index in [1.54, 1.807) is 13.0 Å². The summed E-state index contributed by atoms with van der Waals surface area (Å²) in [5, 5.41) is 14.5. The topological polar surface area (TPSA) is 131 Å². The highest BCUT2D eigenvalue weighted by Crippen LogP contribution is 2.35. The number of benzene rings is 1. The first kappa shape index (κ1) is 19.6. The van der Waals surface area contributed by atoms with Crippen LogP contribution in [0.15, 0.2) is 18.2 Å². The van der Waals surface area contributed by atoms with Crippen LogP contribution in [-0.2, 0) is 9.59 Å². The molecule has 10 nitrogen and oxygen atoms in total. The van der Waals surface area contributed by atoms with E-state index >= 15 is 0 Å². The van der Waals surface area contributed by atoms with E-state index in [-0.39, 0.29) is 11.4 Å². The van der Waals surface area contributed by atoms with Crippen LogP contribution in [-0.4, -0.2) is 39.9 Å². The van der Waals surface area contributed by atoms with E-state index < -0.39 is 34.9 Å². The van der Waals surface area contributed by atoms with Crippen LogP contribution in [0.1, 0.15) is 38.2 Å². The lowest BCUT2D eigenvalue weighted by atomic mass is 9.77. The van der Waals surface area contributed by atoms with Gasteiger partial charge in [-0.2, -0.15) is 5.01 Å². The highest BCUT2D eigenvalue weighted by molar-refractivity contribution is 6.08. The van der Waals surface area contributed by atoms with Crippen LogP contribution in [0.5, 0.6) is 5.75 Å². The lowest BCUT2D eigenvalue weighted by molar-refractivity contribution is -0.385. The van der Waals surface area contributed by atoms with Gasteiger partial charge in [-0.05, 0) is 50.2 Å². The molecule has 4 amide bonds. The molecule has 1 heterocycles. The number of hydrazine groups is 1. The van der Waals surface area contributed by atoms with Crippen LogP contribution in [0.3, 0.4) is 0 Å². The van der Waals surface area contributed by atoms with Crippen LogP contribution in [0.2, 0.25) is 0 Å². The molecule has 1 aromatic carbocycles. The summed E-state index contributed by atoms with van der Waals surface area (Å²) in [6.07, 6.45) is 2.68. The third kappa shape index (κ3) is 3.75. The minimum Gasteiger partial charge on any atom is -0.477 e. The molecule has 0 bridgehead atoms. The molecule has 2 fully saturated rings. The smallest absolute Gasteiger partial charge is 0.344 e. The summed E-state index contributed by atoms with van der Waals surface area (Å²) in [4.78, 5) is 47.5. The Kier molecular flexibility index (Phi) is 5.21. The number of carbonyl (C=O) groups is 3.